The number of halogens is 1. The van der Waals surface area contributed by atoms with Gasteiger partial charge < -0.3 is 9.84 Å². The number of carbonyl (C=O) groups excluding carboxylic acids is 1. The molecule has 0 fully saturated rings. The Balaban J connectivity index is 2.20. The van der Waals surface area contributed by atoms with Gasteiger partial charge in [0, 0.05) is 21.7 Å². The Morgan fingerprint density at radius 1 is 1.44 bits per heavy atom. The van der Waals surface area contributed by atoms with Crippen molar-refractivity contribution < 1.29 is 19.6 Å². The Kier molecular flexibility index (Phi) is 6.07. The number of hydrogen-bond donors (Lipinski definition) is 2. The number of carbonyl (C=O) groups is 1. The lowest BCUT2D eigenvalue weighted by Gasteiger charge is -2.07. The standard InChI is InChI=1S/C16H14BrN3O5/c1-2-25-14-7-10(6-13(15(14)21)20(23)24)9-18-19-16(22)11-4-3-5-12(17)8-11/h3-9,21H,2H2,1H3,(H,19,22)/b18-9-. The Labute approximate surface area is 151 Å². The molecule has 0 bridgehead atoms. The van der Waals surface area contributed by atoms with E-state index in [1.807, 2.05) is 0 Å². The molecule has 0 saturated carbocycles. The second kappa shape index (κ2) is 8.25. The first-order chi connectivity index (χ1) is 11.9. The second-order valence-corrected chi connectivity index (χ2v) is 5.70. The van der Waals surface area contributed by atoms with Crippen LogP contribution in [0.25, 0.3) is 0 Å². The smallest absolute Gasteiger partial charge is 0.315 e. The fraction of sp³-hybridized carbons (Fsp3) is 0.125. The topological polar surface area (TPSA) is 114 Å². The molecule has 0 spiro atoms. The average molecular weight is 408 g/mol. The van der Waals surface area contributed by atoms with Crippen LogP contribution in [0.4, 0.5) is 5.69 Å². The summed E-state index contributed by atoms with van der Waals surface area (Å²) in [7, 11) is 0. The van der Waals surface area contributed by atoms with Gasteiger partial charge in [-0.1, -0.05) is 22.0 Å². The minimum atomic E-state index is -0.727. The third-order valence-corrected chi connectivity index (χ3v) is 3.53. The van der Waals surface area contributed by atoms with Crippen molar-refractivity contribution in [3.8, 4) is 11.5 Å². The minimum absolute atomic E-state index is 0.0310. The van der Waals surface area contributed by atoms with Crippen LogP contribution >= 0.6 is 15.9 Å². The van der Waals surface area contributed by atoms with Crippen LogP contribution in [0.15, 0.2) is 46.0 Å². The average Bonchev–Trinajstić information content (AvgIpc) is 2.57. The van der Waals surface area contributed by atoms with Gasteiger partial charge in [-0.2, -0.15) is 5.10 Å². The van der Waals surface area contributed by atoms with E-state index in [4.69, 9.17) is 4.74 Å². The first kappa shape index (κ1) is 18.4. The molecule has 2 aromatic rings. The molecule has 2 N–H and O–H groups in total. The Hall–Kier alpha value is -2.94. The molecule has 2 aromatic carbocycles. The summed E-state index contributed by atoms with van der Waals surface area (Å²) in [6.45, 7) is 1.91. The zero-order valence-electron chi connectivity index (χ0n) is 13.1. The molecule has 8 nitrogen and oxygen atoms in total. The Bertz CT molecular complexity index is 839. The van der Waals surface area contributed by atoms with Crippen molar-refractivity contribution in [1.82, 2.24) is 5.43 Å². The predicted octanol–water partition coefficient (Wildman–Crippen LogP) is 3.23. The molecule has 0 aliphatic carbocycles. The molecule has 0 saturated heterocycles. The van der Waals surface area contributed by atoms with Crippen LogP contribution < -0.4 is 10.2 Å². The molecule has 1 amide bonds. The Morgan fingerprint density at radius 3 is 2.84 bits per heavy atom. The number of hydrogen-bond acceptors (Lipinski definition) is 6. The monoisotopic (exact) mass is 407 g/mol. The molecule has 0 radical (unpaired) electrons. The van der Waals surface area contributed by atoms with E-state index in [0.29, 0.717) is 11.1 Å². The molecular formula is C16H14BrN3O5. The maximum atomic E-state index is 12.0. The number of aromatic hydroxyl groups is 1. The van der Waals surface area contributed by atoms with Crippen LogP contribution in [0.1, 0.15) is 22.8 Å². The number of benzene rings is 2. The molecule has 0 aliphatic rings. The number of amides is 1. The van der Waals surface area contributed by atoms with E-state index in [0.717, 1.165) is 10.5 Å². The molecule has 0 aliphatic heterocycles. The maximum Gasteiger partial charge on any atom is 0.315 e. The highest BCUT2D eigenvalue weighted by atomic mass is 79.9. The van der Waals surface area contributed by atoms with Gasteiger partial charge in [-0.3, -0.25) is 14.9 Å². The number of nitrogens with zero attached hydrogens (tertiary/aromatic N) is 2. The summed E-state index contributed by atoms with van der Waals surface area (Å²) < 4.78 is 5.92. The van der Waals surface area contributed by atoms with Crippen molar-refractivity contribution in [1.29, 1.82) is 0 Å². The molecule has 0 unspecified atom stereocenters. The molecular weight excluding hydrogens is 394 g/mol. The summed E-state index contributed by atoms with van der Waals surface area (Å²) >= 11 is 3.27. The van der Waals surface area contributed by atoms with Crippen LogP contribution in [-0.4, -0.2) is 28.8 Å². The van der Waals surface area contributed by atoms with Gasteiger partial charge in [-0.25, -0.2) is 5.43 Å². The summed E-state index contributed by atoms with van der Waals surface area (Å²) in [5.74, 6) is -1.02. The molecule has 0 aromatic heterocycles. The lowest BCUT2D eigenvalue weighted by Crippen LogP contribution is -2.17. The molecule has 2 rings (SSSR count). The van der Waals surface area contributed by atoms with E-state index in [9.17, 15) is 20.0 Å². The summed E-state index contributed by atoms with van der Waals surface area (Å²) in [6.07, 6.45) is 1.23. The highest BCUT2D eigenvalue weighted by Crippen LogP contribution is 2.36. The van der Waals surface area contributed by atoms with E-state index < -0.39 is 22.3 Å². The fourth-order valence-corrected chi connectivity index (χ4v) is 2.35. The summed E-state index contributed by atoms with van der Waals surface area (Å²) in [6, 6.07) is 9.26. The van der Waals surface area contributed by atoms with Crippen LogP contribution in [0, 0.1) is 10.1 Å². The van der Waals surface area contributed by atoms with E-state index >= 15 is 0 Å². The number of nitro groups is 1. The third kappa shape index (κ3) is 4.77. The molecule has 0 heterocycles. The van der Waals surface area contributed by atoms with E-state index in [-0.39, 0.29) is 12.4 Å². The van der Waals surface area contributed by atoms with Gasteiger partial charge >= 0.3 is 5.69 Å². The highest BCUT2D eigenvalue weighted by molar-refractivity contribution is 9.10. The number of nitro benzene ring substituents is 1. The number of phenols is 1. The third-order valence-electron chi connectivity index (χ3n) is 3.04. The quantitative estimate of drug-likeness (QED) is 0.433. The van der Waals surface area contributed by atoms with Gasteiger partial charge in [-0.05, 0) is 31.2 Å². The number of rotatable bonds is 6. The van der Waals surface area contributed by atoms with Crippen molar-refractivity contribution in [3.05, 3.63) is 62.1 Å². The first-order valence-corrected chi connectivity index (χ1v) is 7.94. The zero-order valence-corrected chi connectivity index (χ0v) is 14.7. The minimum Gasteiger partial charge on any atom is -0.500 e. The first-order valence-electron chi connectivity index (χ1n) is 7.15. The van der Waals surface area contributed by atoms with Gasteiger partial charge in [0.15, 0.2) is 5.75 Å². The fourth-order valence-electron chi connectivity index (χ4n) is 1.95. The van der Waals surface area contributed by atoms with Crippen LogP contribution in [0.2, 0.25) is 0 Å². The van der Waals surface area contributed by atoms with E-state index in [1.165, 1.54) is 12.3 Å². The molecule has 0 atom stereocenters. The maximum absolute atomic E-state index is 12.0. The van der Waals surface area contributed by atoms with Gasteiger partial charge in [0.2, 0.25) is 5.75 Å². The lowest BCUT2D eigenvalue weighted by molar-refractivity contribution is -0.386. The van der Waals surface area contributed by atoms with Crippen molar-refractivity contribution in [2.24, 2.45) is 5.10 Å². The van der Waals surface area contributed by atoms with E-state index in [2.05, 4.69) is 26.5 Å². The van der Waals surface area contributed by atoms with Gasteiger partial charge in [-0.15, -0.1) is 0 Å². The lowest BCUT2D eigenvalue weighted by atomic mass is 10.2. The molecule has 130 valence electrons. The zero-order chi connectivity index (χ0) is 18.4. The molecule has 25 heavy (non-hydrogen) atoms. The number of phenolic OH excluding ortho intramolecular Hbond substituents is 1. The highest BCUT2D eigenvalue weighted by Gasteiger charge is 2.19. The van der Waals surface area contributed by atoms with Crippen molar-refractivity contribution >= 4 is 33.7 Å². The predicted molar refractivity (Wildman–Crippen MR) is 95.1 cm³/mol. The number of nitrogens with one attached hydrogen (secondary N) is 1. The summed E-state index contributed by atoms with van der Waals surface area (Å²) in [4.78, 5) is 22.2. The summed E-state index contributed by atoms with van der Waals surface area (Å²) in [5, 5.41) is 24.6. The van der Waals surface area contributed by atoms with Crippen molar-refractivity contribution in [3.63, 3.8) is 0 Å². The van der Waals surface area contributed by atoms with Crippen molar-refractivity contribution in [2.75, 3.05) is 6.61 Å². The van der Waals surface area contributed by atoms with Crippen LogP contribution in [0.3, 0.4) is 0 Å². The number of hydrazone groups is 1. The van der Waals surface area contributed by atoms with Gasteiger partial charge in [0.1, 0.15) is 0 Å². The van der Waals surface area contributed by atoms with Crippen molar-refractivity contribution in [2.45, 2.75) is 6.92 Å². The van der Waals surface area contributed by atoms with E-state index in [1.54, 1.807) is 31.2 Å². The van der Waals surface area contributed by atoms with Gasteiger partial charge in [0.05, 0.1) is 17.7 Å². The van der Waals surface area contributed by atoms with Crippen LogP contribution in [0.5, 0.6) is 11.5 Å². The number of ether oxygens (including phenoxy) is 1. The SMILES string of the molecule is CCOc1cc(/C=N\NC(=O)c2cccc(Br)c2)cc([N+](=O)[O-])c1O. The van der Waals surface area contributed by atoms with Gasteiger partial charge in [0.25, 0.3) is 5.91 Å². The normalized spacial score (nSPS) is 10.6. The Morgan fingerprint density at radius 2 is 2.20 bits per heavy atom. The second-order valence-electron chi connectivity index (χ2n) is 4.79. The molecule has 9 heteroatoms. The largest absolute Gasteiger partial charge is 0.500 e. The summed E-state index contributed by atoms with van der Waals surface area (Å²) in [5.41, 5.74) is 2.51. The van der Waals surface area contributed by atoms with Crippen LogP contribution in [-0.2, 0) is 0 Å².